The van der Waals surface area contributed by atoms with Crippen molar-refractivity contribution < 1.29 is 0 Å². The van der Waals surface area contributed by atoms with Gasteiger partial charge in [-0.25, -0.2) is 5.92 Å². The molecule has 0 nitrogen and oxygen atoms in total. The van der Waals surface area contributed by atoms with E-state index in [-0.39, 0.29) is 0 Å². The molecule has 0 unspecified atom stereocenters. The summed E-state index contributed by atoms with van der Waals surface area (Å²) < 4.78 is 0. The molecule has 0 aliphatic carbocycles. The maximum Gasteiger partial charge on any atom is -0.0195 e. The molecule has 0 N–H and O–H groups in total. The van der Waals surface area contributed by atoms with Gasteiger partial charge in [0.15, 0.2) is 0 Å². The zero-order valence-corrected chi connectivity index (χ0v) is 4.65. The Morgan fingerprint density at radius 1 is 1.25 bits per heavy atom. The first-order valence-corrected chi connectivity index (χ1v) is 2.15. The maximum absolute atomic E-state index is 4.81. The first kappa shape index (κ1) is 6.55. The van der Waals surface area contributed by atoms with Crippen LogP contribution in [0.5, 0.6) is 0 Å². The van der Waals surface area contributed by atoms with Gasteiger partial charge in [-0.2, -0.15) is 6.42 Å². The lowest BCUT2D eigenvalue weighted by Gasteiger charge is -1.76. The molecule has 0 bridgehead atoms. The smallest absolute Gasteiger partial charge is 0.0195 e. The van der Waals surface area contributed by atoms with Gasteiger partial charge in [0, 0.05) is 0 Å². The van der Waals surface area contributed by atoms with Crippen LogP contribution in [0.3, 0.4) is 0 Å². The normalized spacial score (nSPS) is 4.00. The van der Waals surface area contributed by atoms with Crippen molar-refractivity contribution >= 4 is 0 Å². The van der Waals surface area contributed by atoms with Gasteiger partial charge in [0.2, 0.25) is 0 Å². The topological polar surface area (TPSA) is 0 Å². The third kappa shape index (κ3) is 4.55. The summed E-state index contributed by atoms with van der Waals surface area (Å²) in [6.45, 7) is 1.84. The lowest BCUT2D eigenvalue weighted by molar-refractivity contribution is 1.62. The van der Waals surface area contributed by atoms with Gasteiger partial charge in [0.05, 0.1) is 0 Å². The number of hydrogen-bond donors (Lipinski definition) is 0. The monoisotopic (exact) mass is 101 g/mol. The first-order valence-electron chi connectivity index (χ1n) is 2.15. The zero-order valence-electron chi connectivity index (χ0n) is 4.65. The summed E-state index contributed by atoms with van der Waals surface area (Å²) in [5, 5.41) is 0. The van der Waals surface area contributed by atoms with Crippen LogP contribution in [-0.2, 0) is 0 Å². The van der Waals surface area contributed by atoms with Gasteiger partial charge in [-0.3, -0.25) is 5.92 Å². The Morgan fingerprint density at radius 2 is 2.00 bits per heavy atom. The highest BCUT2D eigenvalue weighted by molar-refractivity contribution is 5.35. The molecule has 0 aromatic rings. The number of hydrogen-bond acceptors (Lipinski definition) is 0. The van der Waals surface area contributed by atoms with E-state index in [0.29, 0.717) is 0 Å². The molecule has 0 spiro atoms. The molecular formula is C8H5-. The fraction of sp³-hybridized carbons (Fsp3) is 0.125. The average molecular weight is 101 g/mol. The molecule has 0 rings (SSSR count). The molecule has 0 saturated carbocycles. The van der Waals surface area contributed by atoms with E-state index in [4.69, 9.17) is 6.42 Å². The van der Waals surface area contributed by atoms with E-state index in [1.807, 2.05) is 6.92 Å². The van der Waals surface area contributed by atoms with Crippen LogP contribution in [0.4, 0.5) is 0 Å². The van der Waals surface area contributed by atoms with Crippen LogP contribution in [0.25, 0.3) is 0 Å². The molecule has 0 heteroatoms. The third-order valence-corrected chi connectivity index (χ3v) is 0.414. The summed E-state index contributed by atoms with van der Waals surface area (Å²) in [5.74, 6) is 12.1. The molecule has 0 aromatic heterocycles. The Morgan fingerprint density at radius 3 is 2.50 bits per heavy atom. The van der Waals surface area contributed by atoms with Crippen molar-refractivity contribution in [2.45, 2.75) is 6.92 Å². The molecule has 38 valence electrons. The molecule has 0 atom stereocenters. The molecule has 8 heavy (non-hydrogen) atoms. The molecule has 0 radical (unpaired) electrons. The molecule has 0 saturated heterocycles. The molecule has 0 amide bonds. The van der Waals surface area contributed by atoms with Crippen molar-refractivity contribution in [3.05, 3.63) is 6.42 Å². The third-order valence-electron chi connectivity index (χ3n) is 0.414. The van der Waals surface area contributed by atoms with Crippen molar-refractivity contribution in [2.24, 2.45) is 0 Å². The molecule has 0 aliphatic heterocycles. The molecule has 0 heterocycles. The standard InChI is InChI=1S/C8H5/c1-3-5-7-8-6-4-2/h1,4H,2H3/q-1. The van der Waals surface area contributed by atoms with E-state index in [2.05, 4.69) is 29.6 Å². The molecule has 0 fully saturated rings. The second kappa shape index (κ2) is 5.55. The zero-order chi connectivity index (χ0) is 6.24. The molecule has 0 aromatic carbocycles. The van der Waals surface area contributed by atoms with Crippen molar-refractivity contribution in [3.8, 4) is 36.0 Å². The van der Waals surface area contributed by atoms with Gasteiger partial charge < -0.3 is 0 Å². The van der Waals surface area contributed by atoms with Crippen molar-refractivity contribution in [3.63, 3.8) is 0 Å². The Kier molecular flexibility index (Phi) is 4.54. The van der Waals surface area contributed by atoms with E-state index in [1.54, 1.807) is 6.42 Å². The van der Waals surface area contributed by atoms with E-state index in [0.717, 1.165) is 0 Å². The van der Waals surface area contributed by atoms with Crippen molar-refractivity contribution in [1.29, 1.82) is 0 Å². The second-order valence-electron chi connectivity index (χ2n) is 0.952. The van der Waals surface area contributed by atoms with Crippen LogP contribution in [-0.4, -0.2) is 0 Å². The maximum atomic E-state index is 4.81. The van der Waals surface area contributed by atoms with Crippen LogP contribution in [0.2, 0.25) is 0 Å². The summed E-state index contributed by atoms with van der Waals surface area (Å²) in [6, 6.07) is 0. The number of terminal acetylenes is 1. The van der Waals surface area contributed by atoms with Gasteiger partial charge in [-0.1, -0.05) is 0 Å². The summed E-state index contributed by atoms with van der Waals surface area (Å²) in [6.07, 6.45) is 6.52. The minimum absolute atomic E-state index is 1.71. The minimum Gasteiger partial charge on any atom is -0.281 e. The molecule has 0 aliphatic rings. The predicted octanol–water partition coefficient (Wildman–Crippen LogP) is 0.851. The van der Waals surface area contributed by atoms with Gasteiger partial charge in [-0.05, 0) is 11.8 Å². The predicted molar refractivity (Wildman–Crippen MR) is 34.4 cm³/mol. The Hall–Kier alpha value is -1.45. The Balaban J connectivity index is 3.61. The van der Waals surface area contributed by atoms with Crippen LogP contribution < -0.4 is 0 Å². The fourth-order valence-corrected chi connectivity index (χ4v) is 0.176. The average Bonchev–Trinajstić information content (AvgIpc) is 1.81. The summed E-state index contributed by atoms with van der Waals surface area (Å²) in [4.78, 5) is 0. The van der Waals surface area contributed by atoms with E-state index in [1.165, 1.54) is 0 Å². The molecular weight excluding hydrogens is 96.1 g/mol. The van der Waals surface area contributed by atoms with Crippen LogP contribution in [0.1, 0.15) is 6.92 Å². The van der Waals surface area contributed by atoms with Crippen LogP contribution in [0.15, 0.2) is 0 Å². The van der Waals surface area contributed by atoms with Crippen LogP contribution in [0, 0.1) is 42.4 Å². The van der Waals surface area contributed by atoms with Crippen molar-refractivity contribution in [2.75, 3.05) is 0 Å². The van der Waals surface area contributed by atoms with Gasteiger partial charge >= 0.3 is 0 Å². The lowest BCUT2D eigenvalue weighted by Crippen LogP contribution is -1.53. The van der Waals surface area contributed by atoms with E-state index in [9.17, 15) is 0 Å². The van der Waals surface area contributed by atoms with Crippen LogP contribution >= 0.6 is 0 Å². The van der Waals surface area contributed by atoms with E-state index >= 15 is 0 Å². The fourth-order valence-electron chi connectivity index (χ4n) is 0.176. The summed E-state index contributed by atoms with van der Waals surface area (Å²) >= 11 is 0. The SMILES string of the molecule is C#CC#CC#C[CH-]C. The summed E-state index contributed by atoms with van der Waals surface area (Å²) in [5.41, 5.74) is 0. The largest absolute Gasteiger partial charge is 0.281 e. The minimum atomic E-state index is 1.71. The second-order valence-corrected chi connectivity index (χ2v) is 0.952. The van der Waals surface area contributed by atoms with E-state index < -0.39 is 0 Å². The highest BCUT2D eigenvalue weighted by atomic mass is 13.6. The van der Waals surface area contributed by atoms with Gasteiger partial charge in [0.1, 0.15) is 0 Å². The Bertz CT molecular complexity index is 194. The van der Waals surface area contributed by atoms with Gasteiger partial charge in [0.25, 0.3) is 0 Å². The Labute approximate surface area is 50.3 Å². The highest BCUT2D eigenvalue weighted by Crippen LogP contribution is 1.61. The quantitative estimate of drug-likeness (QED) is 0.313. The highest BCUT2D eigenvalue weighted by Gasteiger charge is 1.40. The number of rotatable bonds is 0. The first-order chi connectivity index (χ1) is 3.91. The lowest BCUT2D eigenvalue weighted by atomic mass is 10.4. The van der Waals surface area contributed by atoms with Crippen molar-refractivity contribution in [1.82, 2.24) is 0 Å². The summed E-state index contributed by atoms with van der Waals surface area (Å²) in [7, 11) is 0. The van der Waals surface area contributed by atoms with Gasteiger partial charge in [-0.15, -0.1) is 19.3 Å².